The van der Waals surface area contributed by atoms with Gasteiger partial charge in [0.1, 0.15) is 11.9 Å². The molecule has 1 unspecified atom stereocenters. The van der Waals surface area contributed by atoms with Crippen molar-refractivity contribution < 1.29 is 9.84 Å². The van der Waals surface area contributed by atoms with Crippen LogP contribution in [0.4, 0.5) is 0 Å². The highest BCUT2D eigenvalue weighted by atomic mass is 16.5. The van der Waals surface area contributed by atoms with Gasteiger partial charge in [-0.05, 0) is 43.0 Å². The Labute approximate surface area is 113 Å². The highest BCUT2D eigenvalue weighted by Crippen LogP contribution is 2.30. The van der Waals surface area contributed by atoms with Gasteiger partial charge in [0, 0.05) is 0 Å². The highest BCUT2D eigenvalue weighted by Gasteiger charge is 2.23. The maximum Gasteiger partial charge on any atom is 0.120 e. The Hall–Kier alpha value is -1.80. The number of aliphatic hydroxyl groups excluding tert-OH is 1. The van der Waals surface area contributed by atoms with Gasteiger partial charge in [-0.15, -0.1) is 0 Å². The zero-order chi connectivity index (χ0) is 13.2. The number of hydrogen-bond donors (Lipinski definition) is 1. The molecule has 1 aliphatic rings. The van der Waals surface area contributed by atoms with Crippen LogP contribution in [-0.2, 0) is 0 Å². The van der Waals surface area contributed by atoms with Gasteiger partial charge in [-0.1, -0.05) is 42.0 Å². The lowest BCUT2D eigenvalue weighted by molar-refractivity contribution is 0.219. The van der Waals surface area contributed by atoms with E-state index in [9.17, 15) is 5.11 Å². The zero-order valence-corrected chi connectivity index (χ0v) is 11.0. The predicted molar refractivity (Wildman–Crippen MR) is 75.3 cm³/mol. The summed E-state index contributed by atoms with van der Waals surface area (Å²) < 4.78 is 5.76. The van der Waals surface area contributed by atoms with Crippen LogP contribution in [0.2, 0.25) is 0 Å². The molecule has 0 saturated heterocycles. The molecule has 2 aromatic carbocycles. The first-order valence-corrected chi connectivity index (χ1v) is 6.73. The van der Waals surface area contributed by atoms with E-state index in [1.165, 1.54) is 5.56 Å². The Morgan fingerprint density at radius 2 is 1.79 bits per heavy atom. The van der Waals surface area contributed by atoms with Crippen molar-refractivity contribution in [3.8, 4) is 5.75 Å². The van der Waals surface area contributed by atoms with Gasteiger partial charge in [-0.2, -0.15) is 0 Å². The molecule has 2 nitrogen and oxygen atoms in total. The minimum atomic E-state index is -0.594. The Kier molecular flexibility index (Phi) is 3.26. The lowest BCUT2D eigenvalue weighted by atomic mass is 10.0. The molecular weight excluding hydrogens is 236 g/mol. The molecule has 0 spiro atoms. The van der Waals surface area contributed by atoms with E-state index in [-0.39, 0.29) is 0 Å². The Morgan fingerprint density at radius 3 is 2.47 bits per heavy atom. The van der Waals surface area contributed by atoms with Gasteiger partial charge in [0.05, 0.1) is 6.10 Å². The van der Waals surface area contributed by atoms with E-state index in [0.29, 0.717) is 6.10 Å². The fourth-order valence-corrected chi connectivity index (χ4v) is 2.08. The van der Waals surface area contributed by atoms with Crippen molar-refractivity contribution in [3.63, 3.8) is 0 Å². The van der Waals surface area contributed by atoms with Crippen LogP contribution < -0.4 is 4.74 Å². The molecule has 1 atom stereocenters. The molecule has 1 fully saturated rings. The predicted octanol–water partition coefficient (Wildman–Crippen LogP) is 3.62. The second-order valence-electron chi connectivity index (χ2n) is 5.20. The average molecular weight is 254 g/mol. The molecule has 3 rings (SSSR count). The fourth-order valence-electron chi connectivity index (χ4n) is 2.08. The van der Waals surface area contributed by atoms with Gasteiger partial charge in [-0.3, -0.25) is 0 Å². The molecule has 19 heavy (non-hydrogen) atoms. The van der Waals surface area contributed by atoms with E-state index in [2.05, 4.69) is 0 Å². The molecule has 2 heteroatoms. The molecule has 0 bridgehead atoms. The minimum absolute atomic E-state index is 0.381. The molecule has 0 radical (unpaired) electrons. The zero-order valence-electron chi connectivity index (χ0n) is 11.0. The van der Waals surface area contributed by atoms with Gasteiger partial charge >= 0.3 is 0 Å². The van der Waals surface area contributed by atoms with Crippen molar-refractivity contribution in [2.75, 3.05) is 0 Å². The summed E-state index contributed by atoms with van der Waals surface area (Å²) in [6, 6.07) is 15.7. The van der Waals surface area contributed by atoms with Gasteiger partial charge in [0.2, 0.25) is 0 Å². The van der Waals surface area contributed by atoms with Crippen molar-refractivity contribution >= 4 is 0 Å². The summed E-state index contributed by atoms with van der Waals surface area (Å²) in [6.45, 7) is 2.04. The normalized spacial score (nSPS) is 16.1. The van der Waals surface area contributed by atoms with Gasteiger partial charge in [0.25, 0.3) is 0 Å². The third kappa shape index (κ3) is 2.96. The summed E-state index contributed by atoms with van der Waals surface area (Å²) in [5.74, 6) is 0.853. The summed E-state index contributed by atoms with van der Waals surface area (Å²) in [4.78, 5) is 0. The van der Waals surface area contributed by atoms with Crippen LogP contribution in [-0.4, -0.2) is 11.2 Å². The largest absolute Gasteiger partial charge is 0.490 e. The second kappa shape index (κ2) is 5.06. The van der Waals surface area contributed by atoms with Crippen LogP contribution in [0.25, 0.3) is 0 Å². The van der Waals surface area contributed by atoms with Gasteiger partial charge < -0.3 is 9.84 Å². The molecule has 0 aromatic heterocycles. The fraction of sp³-hybridized carbons (Fsp3) is 0.294. The van der Waals surface area contributed by atoms with Crippen LogP contribution >= 0.6 is 0 Å². The minimum Gasteiger partial charge on any atom is -0.490 e. The molecule has 1 saturated carbocycles. The quantitative estimate of drug-likeness (QED) is 0.903. The highest BCUT2D eigenvalue weighted by molar-refractivity contribution is 5.36. The average Bonchev–Trinajstić information content (AvgIpc) is 3.23. The van der Waals surface area contributed by atoms with Crippen LogP contribution in [0.5, 0.6) is 5.75 Å². The van der Waals surface area contributed by atoms with E-state index in [0.717, 1.165) is 29.7 Å². The smallest absolute Gasteiger partial charge is 0.120 e. The first-order chi connectivity index (χ1) is 9.22. The topological polar surface area (TPSA) is 29.5 Å². The second-order valence-corrected chi connectivity index (χ2v) is 5.20. The summed E-state index contributed by atoms with van der Waals surface area (Å²) >= 11 is 0. The van der Waals surface area contributed by atoms with Crippen molar-refractivity contribution in [3.05, 3.63) is 65.2 Å². The van der Waals surface area contributed by atoms with Crippen LogP contribution in [0.3, 0.4) is 0 Å². The number of ether oxygens (including phenoxy) is 1. The standard InChI is InChI=1S/C17H18O2/c1-12-5-7-13(8-6-12)17(18)14-3-2-4-16(11-14)19-15-9-10-15/h2-8,11,15,17-18H,9-10H2,1H3. The monoisotopic (exact) mass is 254 g/mol. The van der Waals surface area contributed by atoms with Gasteiger partial charge in [-0.25, -0.2) is 0 Å². The molecule has 0 heterocycles. The molecule has 1 N–H and O–H groups in total. The summed E-state index contributed by atoms with van der Waals surface area (Å²) in [5.41, 5.74) is 2.98. The summed E-state index contributed by atoms with van der Waals surface area (Å²) in [6.07, 6.45) is 2.07. The van der Waals surface area contributed by atoms with E-state index in [1.807, 2.05) is 55.5 Å². The third-order valence-electron chi connectivity index (χ3n) is 3.39. The van der Waals surface area contributed by atoms with Crippen molar-refractivity contribution in [1.82, 2.24) is 0 Å². The molecule has 0 amide bonds. The molecule has 0 aliphatic heterocycles. The maximum atomic E-state index is 10.4. The summed E-state index contributed by atoms with van der Waals surface area (Å²) in [5, 5.41) is 10.4. The van der Waals surface area contributed by atoms with Crippen LogP contribution in [0, 0.1) is 6.92 Å². The Balaban J connectivity index is 1.81. The van der Waals surface area contributed by atoms with E-state index in [1.54, 1.807) is 0 Å². The number of aliphatic hydroxyl groups is 1. The number of benzene rings is 2. The molecular formula is C17H18O2. The lowest BCUT2D eigenvalue weighted by Crippen LogP contribution is -2.01. The maximum absolute atomic E-state index is 10.4. The van der Waals surface area contributed by atoms with Gasteiger partial charge in [0.15, 0.2) is 0 Å². The SMILES string of the molecule is Cc1ccc(C(O)c2cccc(OC3CC3)c2)cc1. The first-order valence-electron chi connectivity index (χ1n) is 6.73. The van der Waals surface area contributed by atoms with E-state index < -0.39 is 6.10 Å². The van der Waals surface area contributed by atoms with E-state index >= 15 is 0 Å². The number of hydrogen-bond acceptors (Lipinski definition) is 2. The van der Waals surface area contributed by atoms with Crippen molar-refractivity contribution in [2.45, 2.75) is 32.0 Å². The first kappa shape index (κ1) is 12.2. The molecule has 98 valence electrons. The molecule has 1 aliphatic carbocycles. The van der Waals surface area contributed by atoms with Crippen LogP contribution in [0.1, 0.15) is 35.6 Å². The number of aryl methyl sites for hydroxylation is 1. The summed E-state index contributed by atoms with van der Waals surface area (Å²) in [7, 11) is 0. The van der Waals surface area contributed by atoms with Crippen LogP contribution in [0.15, 0.2) is 48.5 Å². The van der Waals surface area contributed by atoms with E-state index in [4.69, 9.17) is 4.74 Å². The Bertz CT molecular complexity index is 556. The number of rotatable bonds is 4. The molecule has 2 aromatic rings. The van der Waals surface area contributed by atoms with Crippen molar-refractivity contribution in [2.24, 2.45) is 0 Å². The third-order valence-corrected chi connectivity index (χ3v) is 3.39. The van der Waals surface area contributed by atoms with Crippen molar-refractivity contribution in [1.29, 1.82) is 0 Å². The Morgan fingerprint density at radius 1 is 1.05 bits per heavy atom. The lowest BCUT2D eigenvalue weighted by Gasteiger charge is -2.13.